The van der Waals surface area contributed by atoms with Crippen molar-refractivity contribution in [3.05, 3.63) is 45.1 Å². The van der Waals surface area contributed by atoms with E-state index in [1.165, 1.54) is 0 Å². The van der Waals surface area contributed by atoms with Gasteiger partial charge in [0.1, 0.15) is 0 Å². The fourth-order valence-corrected chi connectivity index (χ4v) is 12.3. The molecule has 0 fully saturated rings. The van der Waals surface area contributed by atoms with Crippen molar-refractivity contribution in [2.45, 2.75) is 55.4 Å². The molecule has 0 spiro atoms. The van der Waals surface area contributed by atoms with Gasteiger partial charge in [0.2, 0.25) is 0 Å². The largest absolute Gasteiger partial charge is 0.463 e. The summed E-state index contributed by atoms with van der Waals surface area (Å²) in [5, 5.41) is 0. The highest BCUT2D eigenvalue weighted by atomic mass is 31.3. The number of allylic oxidation sites excluding steroid dienone is 4. The molecule has 0 bridgehead atoms. The van der Waals surface area contributed by atoms with Crippen LogP contribution >= 0.6 is 15.6 Å². The molecule has 0 aliphatic carbocycles. The van der Waals surface area contributed by atoms with Crippen LogP contribution in [-0.2, 0) is 30.3 Å². The summed E-state index contributed by atoms with van der Waals surface area (Å²) in [6, 6.07) is 0. The van der Waals surface area contributed by atoms with Crippen LogP contribution in [0.25, 0.3) is 0 Å². The Morgan fingerprint density at radius 3 is 0.897 bits per heavy atom. The Morgan fingerprint density at radius 2 is 0.724 bits per heavy atom. The molecule has 0 heterocycles. The fourth-order valence-electron chi connectivity index (χ4n) is 1.47. The van der Waals surface area contributed by atoms with Gasteiger partial charge < -0.3 is 16.9 Å². The van der Waals surface area contributed by atoms with Gasteiger partial charge in [-0.2, -0.15) is 4.31 Å². The number of hydrogen-bond acceptors (Lipinski definition) is 7. The molecule has 29 heavy (non-hydrogen) atoms. The number of phosphoric acid groups is 2. The van der Waals surface area contributed by atoms with Crippen molar-refractivity contribution < 1.29 is 30.3 Å². The van der Waals surface area contributed by atoms with Gasteiger partial charge in [-0.1, -0.05) is 45.1 Å². The molecule has 7 nitrogen and oxygen atoms in total. The van der Waals surface area contributed by atoms with Crippen LogP contribution in [0.3, 0.4) is 0 Å². The van der Waals surface area contributed by atoms with Crippen LogP contribution in [0, 0.1) is 0 Å². The molecule has 168 valence electrons. The van der Waals surface area contributed by atoms with E-state index in [2.05, 4.69) is 0 Å². The van der Waals surface area contributed by atoms with Gasteiger partial charge >= 0.3 is 15.6 Å². The number of hydrogen-bond donors (Lipinski definition) is 0. The average molecular weight is 515 g/mol. The highest BCUT2D eigenvalue weighted by molar-refractivity contribution is 7.64. The molecule has 0 unspecified atom stereocenters. The van der Waals surface area contributed by atoms with Crippen LogP contribution in [0.15, 0.2) is 45.1 Å². The van der Waals surface area contributed by atoms with E-state index in [-0.39, 0.29) is 0 Å². The van der Waals surface area contributed by atoms with Gasteiger partial charge in [0.05, 0.1) is 0 Å². The summed E-state index contributed by atoms with van der Waals surface area (Å²) < 4.78 is 53.9. The molecule has 0 aromatic carbocycles. The van der Waals surface area contributed by atoms with Crippen LogP contribution in [0.1, 0.15) is 55.4 Å². The highest BCUT2D eigenvalue weighted by Gasteiger charge is 2.39. The predicted octanol–water partition coefficient (Wildman–Crippen LogP) is 3.32. The van der Waals surface area contributed by atoms with E-state index in [0.29, 0.717) is 0 Å². The van der Waals surface area contributed by atoms with Crippen molar-refractivity contribution in [2.24, 2.45) is 0 Å². The molecule has 0 saturated carbocycles. The van der Waals surface area contributed by atoms with E-state index in [9.17, 15) is 9.13 Å². The molecular formula is C16H36O7P2Si4. The molecule has 0 aromatic heterocycles. The van der Waals surface area contributed by atoms with E-state index < -0.39 is 54.7 Å². The average Bonchev–Trinajstić information content (AvgIpc) is 2.52. The minimum atomic E-state index is -4.06. The smallest absolute Gasteiger partial charge is 0.333 e. The van der Waals surface area contributed by atoms with Crippen molar-refractivity contribution in [1.29, 1.82) is 0 Å². The SMILES string of the molecule is CC(C)=C[SiH2]OP(=O)(O[SiH2]C=C(C)C)OP(=O)(O[SiH2]C=C(C)C)O[SiH2]C=C(C)C. The third kappa shape index (κ3) is 16.5. The van der Waals surface area contributed by atoms with Crippen LogP contribution < -0.4 is 0 Å². The van der Waals surface area contributed by atoms with Crippen LogP contribution in [-0.4, -0.2) is 39.1 Å². The fraction of sp³-hybridized carbons (Fsp3) is 0.500. The minimum Gasteiger partial charge on any atom is -0.333 e. The van der Waals surface area contributed by atoms with Gasteiger partial charge in [0.25, 0.3) is 0 Å². The molecule has 0 rings (SSSR count). The standard InChI is InChI=1S/C16H36O7P2Si4/c1-13(2)9-26-20-24(17,21-27-10-14(3)4)19-25(18,22-28-11-15(5)6)23-29-12-16(7)8/h9-12H,26-29H2,1-8H3. The van der Waals surface area contributed by atoms with Gasteiger partial charge in [-0.15, -0.1) is 0 Å². The van der Waals surface area contributed by atoms with Crippen molar-refractivity contribution in [1.82, 2.24) is 0 Å². The first-order valence-electron chi connectivity index (χ1n) is 9.40. The van der Waals surface area contributed by atoms with Crippen LogP contribution in [0.4, 0.5) is 0 Å². The molecule has 0 saturated heterocycles. The first-order valence-corrected chi connectivity index (χ1v) is 17.9. The maximum Gasteiger partial charge on any atom is 0.463 e. The molecule has 0 N–H and O–H groups in total. The Morgan fingerprint density at radius 1 is 0.517 bits per heavy atom. The molecule has 0 atom stereocenters. The molecule has 0 aliphatic heterocycles. The zero-order valence-electron chi connectivity index (χ0n) is 18.9. The lowest BCUT2D eigenvalue weighted by Gasteiger charge is -2.23. The molecule has 0 radical (unpaired) electrons. The summed E-state index contributed by atoms with van der Waals surface area (Å²) >= 11 is 0. The van der Waals surface area contributed by atoms with Crippen molar-refractivity contribution in [3.63, 3.8) is 0 Å². The Labute approximate surface area is 185 Å². The van der Waals surface area contributed by atoms with Crippen molar-refractivity contribution in [2.75, 3.05) is 0 Å². The van der Waals surface area contributed by atoms with E-state index >= 15 is 0 Å². The van der Waals surface area contributed by atoms with Crippen LogP contribution in [0.5, 0.6) is 0 Å². The molecule has 0 aliphatic rings. The lowest BCUT2D eigenvalue weighted by molar-refractivity contribution is 0.255. The summed E-state index contributed by atoms with van der Waals surface area (Å²) in [4.78, 5) is 0. The Bertz CT molecular complexity index is 607. The van der Waals surface area contributed by atoms with Crippen molar-refractivity contribution in [3.8, 4) is 0 Å². The zero-order valence-corrected chi connectivity index (χ0v) is 26.3. The monoisotopic (exact) mass is 514 g/mol. The van der Waals surface area contributed by atoms with Crippen LogP contribution in [0.2, 0.25) is 0 Å². The third-order valence-electron chi connectivity index (χ3n) is 3.10. The number of rotatable bonds is 14. The summed E-state index contributed by atoms with van der Waals surface area (Å²) in [7, 11) is -13.4. The Hall–Kier alpha value is 0.0875. The summed E-state index contributed by atoms with van der Waals surface area (Å²) in [5.74, 6) is 0. The molecule has 0 amide bonds. The predicted molar refractivity (Wildman–Crippen MR) is 133 cm³/mol. The van der Waals surface area contributed by atoms with Gasteiger partial charge in [0, 0.05) is 0 Å². The van der Waals surface area contributed by atoms with Gasteiger partial charge in [-0.3, -0.25) is 0 Å². The maximum absolute atomic E-state index is 13.2. The lowest BCUT2D eigenvalue weighted by Crippen LogP contribution is -2.09. The lowest BCUT2D eigenvalue weighted by atomic mass is 10.4. The van der Waals surface area contributed by atoms with E-state index in [0.717, 1.165) is 22.3 Å². The first-order chi connectivity index (χ1) is 13.4. The quantitative estimate of drug-likeness (QED) is 0.260. The van der Waals surface area contributed by atoms with E-state index in [1.807, 2.05) is 78.2 Å². The van der Waals surface area contributed by atoms with Gasteiger partial charge in [-0.25, -0.2) is 9.13 Å². The topological polar surface area (TPSA) is 80.3 Å². The Balaban J connectivity index is 5.53. The molecule has 0 aromatic rings. The van der Waals surface area contributed by atoms with Gasteiger partial charge in [-0.05, 0) is 55.4 Å². The van der Waals surface area contributed by atoms with Crippen molar-refractivity contribution >= 4 is 54.7 Å². The second-order valence-corrected chi connectivity index (χ2v) is 16.8. The maximum atomic E-state index is 13.2. The minimum absolute atomic E-state index is 1.05. The molecular weight excluding hydrogens is 478 g/mol. The highest BCUT2D eigenvalue weighted by Crippen LogP contribution is 2.65. The normalized spacial score (nSPS) is 16.6. The van der Waals surface area contributed by atoms with E-state index in [4.69, 9.17) is 21.2 Å². The van der Waals surface area contributed by atoms with E-state index in [1.54, 1.807) is 0 Å². The second kappa shape index (κ2) is 15.0. The third-order valence-corrected chi connectivity index (χ3v) is 16.1. The molecule has 13 heteroatoms. The zero-order chi connectivity index (χ0) is 22.5. The second-order valence-electron chi connectivity index (χ2n) is 7.29. The van der Waals surface area contributed by atoms with Gasteiger partial charge in [0.15, 0.2) is 39.1 Å². The Kier molecular flexibility index (Phi) is 15.0. The first kappa shape index (κ1) is 29.1. The summed E-state index contributed by atoms with van der Waals surface area (Å²) in [6.07, 6.45) is 0. The summed E-state index contributed by atoms with van der Waals surface area (Å²) in [6.45, 7) is 15.4. The summed E-state index contributed by atoms with van der Waals surface area (Å²) in [5.41, 5.74) is 11.7.